The van der Waals surface area contributed by atoms with Gasteiger partial charge < -0.3 is 9.47 Å². The summed E-state index contributed by atoms with van der Waals surface area (Å²) in [4.78, 5) is 0. The summed E-state index contributed by atoms with van der Waals surface area (Å²) >= 11 is 0. The van der Waals surface area contributed by atoms with E-state index in [2.05, 4.69) is 39.8 Å². The molecule has 26 heavy (non-hydrogen) atoms. The molecule has 134 valence electrons. The van der Waals surface area contributed by atoms with Crippen LogP contribution in [0.1, 0.15) is 38.8 Å². The van der Waals surface area contributed by atoms with E-state index in [1.165, 1.54) is 0 Å². The minimum atomic E-state index is -0.178. The Balaban J connectivity index is 2.00. The van der Waals surface area contributed by atoms with Crippen molar-refractivity contribution in [2.24, 2.45) is 10.8 Å². The molecule has 0 N–H and O–H groups in total. The summed E-state index contributed by atoms with van der Waals surface area (Å²) in [5.74, 6) is 1.38. The summed E-state index contributed by atoms with van der Waals surface area (Å²) in [6.07, 6.45) is 0. The van der Waals surface area contributed by atoms with Gasteiger partial charge in [0.2, 0.25) is 0 Å². The molecule has 0 bridgehead atoms. The van der Waals surface area contributed by atoms with Gasteiger partial charge in [-0.15, -0.1) is 0 Å². The minimum absolute atomic E-state index is 0.178. The molecule has 0 saturated carbocycles. The van der Waals surface area contributed by atoms with E-state index in [0.717, 1.165) is 0 Å². The highest BCUT2D eigenvalue weighted by atomic mass is 16.5. The molecule has 0 aliphatic rings. The van der Waals surface area contributed by atoms with Crippen molar-refractivity contribution < 1.29 is 9.47 Å². The van der Waals surface area contributed by atoms with E-state index in [0.29, 0.717) is 35.8 Å². The zero-order valence-corrected chi connectivity index (χ0v) is 15.7. The minimum Gasteiger partial charge on any atom is -0.493 e. The number of ether oxygens (including phenoxy) is 2. The van der Waals surface area contributed by atoms with Crippen LogP contribution in [0.2, 0.25) is 0 Å². The molecule has 0 atom stereocenters. The van der Waals surface area contributed by atoms with Crippen molar-refractivity contribution >= 4 is 0 Å². The van der Waals surface area contributed by atoms with E-state index in [4.69, 9.17) is 20.0 Å². The highest BCUT2D eigenvalue weighted by Crippen LogP contribution is 2.39. The van der Waals surface area contributed by atoms with Crippen molar-refractivity contribution in [1.29, 1.82) is 10.5 Å². The number of benzene rings is 2. The quantitative estimate of drug-likeness (QED) is 0.711. The van der Waals surface area contributed by atoms with Gasteiger partial charge in [0.15, 0.2) is 0 Å². The van der Waals surface area contributed by atoms with Crippen LogP contribution in [-0.2, 0) is 0 Å². The van der Waals surface area contributed by atoms with Crippen LogP contribution < -0.4 is 9.47 Å². The molecule has 4 heteroatoms. The van der Waals surface area contributed by atoms with E-state index in [1.54, 1.807) is 24.3 Å². The number of nitrogens with zero attached hydrogens (tertiary/aromatic N) is 2. The zero-order valence-electron chi connectivity index (χ0n) is 15.7. The number of rotatable bonds is 7. The Morgan fingerprint density at radius 2 is 1.12 bits per heavy atom. The van der Waals surface area contributed by atoms with Gasteiger partial charge in [-0.1, -0.05) is 39.8 Å². The molecule has 0 spiro atoms. The van der Waals surface area contributed by atoms with Crippen molar-refractivity contribution in [3.8, 4) is 23.6 Å². The summed E-state index contributed by atoms with van der Waals surface area (Å²) < 4.78 is 11.9. The van der Waals surface area contributed by atoms with E-state index < -0.39 is 0 Å². The van der Waals surface area contributed by atoms with Gasteiger partial charge in [0.05, 0.1) is 36.5 Å². The van der Waals surface area contributed by atoms with Gasteiger partial charge in [0.25, 0.3) is 0 Å². The molecular weight excluding hydrogens is 324 g/mol. The first-order valence-corrected chi connectivity index (χ1v) is 8.53. The molecule has 4 nitrogen and oxygen atoms in total. The van der Waals surface area contributed by atoms with Crippen molar-refractivity contribution in [2.45, 2.75) is 27.7 Å². The summed E-state index contributed by atoms with van der Waals surface area (Å²) in [5.41, 5.74) is 0.811. The molecule has 0 radical (unpaired) electrons. The first-order chi connectivity index (χ1) is 12.3. The van der Waals surface area contributed by atoms with Gasteiger partial charge in [-0.2, -0.15) is 10.5 Å². The molecule has 0 heterocycles. The summed E-state index contributed by atoms with van der Waals surface area (Å²) in [6.45, 7) is 9.53. The predicted molar refractivity (Wildman–Crippen MR) is 101 cm³/mol. The highest BCUT2D eigenvalue weighted by molar-refractivity contribution is 5.37. The third-order valence-electron chi connectivity index (χ3n) is 4.96. The lowest BCUT2D eigenvalue weighted by molar-refractivity contribution is 0.0103. The Bertz CT molecular complexity index is 770. The molecule has 0 aromatic heterocycles. The fourth-order valence-corrected chi connectivity index (χ4v) is 2.23. The fraction of sp³-hybridized carbons (Fsp3) is 0.364. The van der Waals surface area contributed by atoms with E-state index >= 15 is 0 Å². The second-order valence-electron chi connectivity index (χ2n) is 7.62. The van der Waals surface area contributed by atoms with Gasteiger partial charge in [-0.25, -0.2) is 0 Å². The maximum atomic E-state index is 8.99. The fourth-order valence-electron chi connectivity index (χ4n) is 2.23. The molecule has 0 fully saturated rings. The van der Waals surface area contributed by atoms with Crippen LogP contribution in [0.5, 0.6) is 11.5 Å². The molecule has 2 rings (SSSR count). The zero-order chi connectivity index (χ0) is 19.2. The predicted octanol–water partition coefficient (Wildman–Crippen LogP) is 4.94. The van der Waals surface area contributed by atoms with Gasteiger partial charge >= 0.3 is 0 Å². The Labute approximate surface area is 155 Å². The van der Waals surface area contributed by atoms with Gasteiger partial charge in [0.1, 0.15) is 11.5 Å². The molecule has 0 amide bonds. The Morgan fingerprint density at radius 1 is 0.731 bits per heavy atom. The molecule has 2 aromatic rings. The molecule has 0 aliphatic carbocycles. The maximum Gasteiger partial charge on any atom is 0.120 e. The van der Waals surface area contributed by atoms with Crippen molar-refractivity contribution in [3.05, 3.63) is 59.7 Å². The standard InChI is InChI=1S/C22H24N2O2/c1-21(2,15-25-19-9-5-7-17(11-19)13-23)22(3,4)16-26-20-10-6-8-18(12-20)14-24/h5-12H,15-16H2,1-4H3. The third kappa shape index (κ3) is 4.77. The largest absolute Gasteiger partial charge is 0.493 e. The number of nitriles is 2. The maximum absolute atomic E-state index is 8.99. The normalized spacial score (nSPS) is 11.3. The van der Waals surface area contributed by atoms with E-state index in [1.807, 2.05) is 24.3 Å². The Kier molecular flexibility index (Phi) is 5.90. The summed E-state index contributed by atoms with van der Waals surface area (Å²) in [6, 6.07) is 18.6. The number of hydrogen-bond acceptors (Lipinski definition) is 4. The smallest absolute Gasteiger partial charge is 0.120 e. The first kappa shape index (κ1) is 19.3. The van der Waals surface area contributed by atoms with E-state index in [9.17, 15) is 0 Å². The van der Waals surface area contributed by atoms with Crippen LogP contribution in [0.4, 0.5) is 0 Å². The SMILES string of the molecule is CC(C)(COc1cccc(C#N)c1)C(C)(C)COc1cccc(C#N)c1. The van der Waals surface area contributed by atoms with Crippen LogP contribution in [0.3, 0.4) is 0 Å². The Hall–Kier alpha value is -2.98. The lowest BCUT2D eigenvalue weighted by Gasteiger charge is -2.41. The molecule has 2 aromatic carbocycles. The second-order valence-corrected chi connectivity index (χ2v) is 7.62. The van der Waals surface area contributed by atoms with Gasteiger partial charge in [0, 0.05) is 10.8 Å². The molecule has 0 unspecified atom stereocenters. The van der Waals surface area contributed by atoms with Crippen molar-refractivity contribution in [1.82, 2.24) is 0 Å². The van der Waals surface area contributed by atoms with Crippen LogP contribution in [0.25, 0.3) is 0 Å². The monoisotopic (exact) mass is 348 g/mol. The van der Waals surface area contributed by atoms with E-state index in [-0.39, 0.29) is 10.8 Å². The second kappa shape index (κ2) is 7.93. The van der Waals surface area contributed by atoms with Gasteiger partial charge in [-0.3, -0.25) is 0 Å². The molecular formula is C22H24N2O2. The van der Waals surface area contributed by atoms with Crippen LogP contribution in [-0.4, -0.2) is 13.2 Å². The lowest BCUT2D eigenvalue weighted by Crippen LogP contribution is -2.41. The average Bonchev–Trinajstić information content (AvgIpc) is 2.65. The first-order valence-electron chi connectivity index (χ1n) is 8.53. The summed E-state index contributed by atoms with van der Waals surface area (Å²) in [5, 5.41) is 18.0. The van der Waals surface area contributed by atoms with Gasteiger partial charge in [-0.05, 0) is 36.4 Å². The number of hydrogen-bond donors (Lipinski definition) is 0. The third-order valence-corrected chi connectivity index (χ3v) is 4.96. The average molecular weight is 348 g/mol. The van der Waals surface area contributed by atoms with Crippen LogP contribution in [0, 0.1) is 33.5 Å². The Morgan fingerprint density at radius 3 is 1.46 bits per heavy atom. The topological polar surface area (TPSA) is 66.0 Å². The van der Waals surface area contributed by atoms with Crippen LogP contribution in [0.15, 0.2) is 48.5 Å². The lowest BCUT2D eigenvalue weighted by atomic mass is 9.69. The van der Waals surface area contributed by atoms with Crippen LogP contribution >= 0.6 is 0 Å². The molecule has 0 saturated heterocycles. The van der Waals surface area contributed by atoms with Crippen molar-refractivity contribution in [2.75, 3.05) is 13.2 Å². The summed E-state index contributed by atoms with van der Waals surface area (Å²) in [7, 11) is 0. The highest BCUT2D eigenvalue weighted by Gasteiger charge is 2.38. The molecule has 0 aliphatic heterocycles. The van der Waals surface area contributed by atoms with Crippen molar-refractivity contribution in [3.63, 3.8) is 0 Å².